The number of H-pyrrole nitrogens is 1. The van der Waals surface area contributed by atoms with Gasteiger partial charge in [0.2, 0.25) is 0 Å². The first-order chi connectivity index (χ1) is 21.6. The number of amides is 1. The number of benzene rings is 3. The molecule has 6 rings (SSSR count). The predicted octanol–water partition coefficient (Wildman–Crippen LogP) is 3.04. The van der Waals surface area contributed by atoms with E-state index in [9.17, 15) is 45.4 Å². The molecule has 4 N–H and O–H groups in total. The molecule has 0 radical (unpaired) electrons. The number of nitrogens with one attached hydrogen (secondary N) is 1. The zero-order valence-electron chi connectivity index (χ0n) is 23.8. The van der Waals surface area contributed by atoms with Gasteiger partial charge in [-0.25, -0.2) is 9.48 Å². The normalized spacial score (nSPS) is 16.7. The van der Waals surface area contributed by atoms with E-state index in [4.69, 9.17) is 0 Å². The Morgan fingerprint density at radius 3 is 1.74 bits per heavy atom. The number of aromatic amines is 1. The predicted molar refractivity (Wildman–Crippen MR) is 165 cm³/mol. The van der Waals surface area contributed by atoms with E-state index in [1.807, 2.05) is 0 Å². The van der Waals surface area contributed by atoms with E-state index < -0.39 is 42.6 Å². The van der Waals surface area contributed by atoms with E-state index in [0.29, 0.717) is 11.1 Å². The molecule has 14 nitrogen and oxygen atoms in total. The number of hydrazone groups is 1. The Morgan fingerprint density at radius 2 is 1.24 bits per heavy atom. The fraction of sp³-hybridized carbons (Fsp3) is 0.0667. The molecule has 0 fully saturated rings. The highest BCUT2D eigenvalue weighted by Gasteiger charge is 2.41. The molecule has 1 amide bonds. The Bertz CT molecular complexity index is 2380. The summed E-state index contributed by atoms with van der Waals surface area (Å²) in [6.07, 6.45) is 0. The van der Waals surface area contributed by atoms with Crippen molar-refractivity contribution in [2.24, 2.45) is 5.10 Å². The summed E-state index contributed by atoms with van der Waals surface area (Å²) in [5.74, 6) is -2.13. The Kier molecular flexibility index (Phi) is 7.05. The molecule has 2 aliphatic rings. The van der Waals surface area contributed by atoms with Crippen LogP contribution in [0.3, 0.4) is 0 Å². The molecule has 1 aromatic heterocycles. The lowest BCUT2D eigenvalue weighted by molar-refractivity contribution is -0.132. The van der Waals surface area contributed by atoms with Crippen molar-refractivity contribution in [3.05, 3.63) is 117 Å². The number of rotatable bonds is 6. The van der Waals surface area contributed by atoms with Gasteiger partial charge in [0.25, 0.3) is 31.7 Å². The maximum Gasteiger partial charge on any atom is 0.337 e. The Hall–Kier alpha value is -5.42. The van der Waals surface area contributed by atoms with Crippen molar-refractivity contribution in [2.45, 2.75) is 23.6 Å². The molecular formula is C30H22N4O10S2. The highest BCUT2D eigenvalue weighted by atomic mass is 32.2. The van der Waals surface area contributed by atoms with E-state index in [0.717, 1.165) is 34.0 Å². The molecule has 4 aromatic rings. The third kappa shape index (κ3) is 4.89. The van der Waals surface area contributed by atoms with Crippen molar-refractivity contribution in [1.82, 2.24) is 9.78 Å². The first-order valence-electron chi connectivity index (χ1n) is 13.3. The molecule has 234 valence electrons. The Labute approximate surface area is 260 Å². The molecule has 1 aliphatic carbocycles. The van der Waals surface area contributed by atoms with Crippen LogP contribution in [0.15, 0.2) is 104 Å². The molecule has 0 unspecified atom stereocenters. The van der Waals surface area contributed by atoms with Crippen LogP contribution >= 0.6 is 0 Å². The first-order valence-corrected chi connectivity index (χ1v) is 16.2. The van der Waals surface area contributed by atoms with Gasteiger partial charge in [0.05, 0.1) is 43.6 Å². The molecule has 16 heteroatoms. The summed E-state index contributed by atoms with van der Waals surface area (Å²) in [6.45, 7) is 3.07. The highest BCUT2D eigenvalue weighted by molar-refractivity contribution is 7.86. The zero-order valence-corrected chi connectivity index (χ0v) is 25.4. The van der Waals surface area contributed by atoms with Gasteiger partial charge < -0.3 is 5.11 Å². The van der Waals surface area contributed by atoms with Crippen molar-refractivity contribution >= 4 is 54.7 Å². The summed E-state index contributed by atoms with van der Waals surface area (Å²) in [4.78, 5) is 40.0. The fourth-order valence-corrected chi connectivity index (χ4v) is 6.52. The second kappa shape index (κ2) is 10.6. The topological polar surface area (TPSA) is 216 Å². The number of nitrogens with zero attached hydrogens (tertiary/aromatic N) is 3. The fourth-order valence-electron chi connectivity index (χ4n) is 5.56. The molecule has 1 aliphatic heterocycles. The molecule has 0 saturated carbocycles. The van der Waals surface area contributed by atoms with Crippen molar-refractivity contribution in [3.8, 4) is 5.69 Å². The van der Waals surface area contributed by atoms with E-state index >= 15 is 0 Å². The van der Waals surface area contributed by atoms with Gasteiger partial charge in [0.15, 0.2) is 0 Å². The van der Waals surface area contributed by atoms with Crippen molar-refractivity contribution in [2.75, 3.05) is 5.01 Å². The van der Waals surface area contributed by atoms with Gasteiger partial charge in [0, 0.05) is 16.8 Å². The molecule has 2 heterocycles. The summed E-state index contributed by atoms with van der Waals surface area (Å²) in [6, 6.07) is 16.1. The van der Waals surface area contributed by atoms with E-state index in [2.05, 4.69) is 10.2 Å². The molecule has 3 aromatic carbocycles. The number of aryl methyl sites for hydroxylation is 1. The Morgan fingerprint density at radius 1 is 0.739 bits per heavy atom. The molecule has 0 bridgehead atoms. The van der Waals surface area contributed by atoms with Crippen LogP contribution in [0.1, 0.15) is 29.3 Å². The number of carboxylic acids is 1. The van der Waals surface area contributed by atoms with Gasteiger partial charge in [-0.05, 0) is 73.5 Å². The minimum Gasteiger partial charge on any atom is -0.478 e. The number of anilines is 1. The lowest BCUT2D eigenvalue weighted by atomic mass is 9.94. The van der Waals surface area contributed by atoms with Crippen molar-refractivity contribution < 1.29 is 40.6 Å². The number of carboxylic acid groups (broad SMARTS) is 1. The monoisotopic (exact) mass is 662 g/mol. The van der Waals surface area contributed by atoms with Gasteiger partial charge in [-0.3, -0.25) is 23.8 Å². The van der Waals surface area contributed by atoms with Gasteiger partial charge >= 0.3 is 5.97 Å². The summed E-state index contributed by atoms with van der Waals surface area (Å²) in [7, 11) is -8.97. The molecular weight excluding hydrogens is 640 g/mol. The Balaban J connectivity index is 1.54. The zero-order chi connectivity index (χ0) is 33.3. The number of carbonyl (C=O) groups is 2. The van der Waals surface area contributed by atoms with Crippen molar-refractivity contribution in [3.63, 3.8) is 0 Å². The summed E-state index contributed by atoms with van der Waals surface area (Å²) in [5, 5.41) is 18.8. The maximum absolute atomic E-state index is 13.9. The van der Waals surface area contributed by atoms with E-state index in [-0.39, 0.29) is 55.5 Å². The van der Waals surface area contributed by atoms with Crippen molar-refractivity contribution in [1.29, 1.82) is 0 Å². The largest absolute Gasteiger partial charge is 0.478 e. The van der Waals surface area contributed by atoms with Crippen LogP contribution in [0, 0.1) is 6.92 Å². The van der Waals surface area contributed by atoms with E-state index in [1.54, 1.807) is 31.2 Å². The minimum absolute atomic E-state index is 0.00278. The second-order valence-electron chi connectivity index (χ2n) is 10.3. The second-order valence-corrected chi connectivity index (χ2v) is 13.2. The van der Waals surface area contributed by atoms with Crippen LogP contribution in [0.2, 0.25) is 0 Å². The number of hydrogen-bond acceptors (Lipinski definition) is 8. The molecule has 0 spiro atoms. The smallest absolute Gasteiger partial charge is 0.337 e. The van der Waals surface area contributed by atoms with Crippen LogP contribution in [0.4, 0.5) is 5.69 Å². The van der Waals surface area contributed by atoms with Crippen LogP contribution in [0.25, 0.3) is 16.8 Å². The SMILES string of the molecule is CC1=NN(c2ccc(S(=O)(=O)O)cc2)C(=O)C1=C1C(C(=O)O)=C(c2c(C)[nH]n(-c3ccc(S(=O)(=O)O)cc3)c2=O)c2ccccc21. The molecule has 0 atom stereocenters. The van der Waals surface area contributed by atoms with Crippen LogP contribution in [0.5, 0.6) is 0 Å². The standard InChI is InChI=1S/C30H22N4O10S2/c1-15-23(28(35)33(31-15)17-7-11-19(12-8-17)45(39,40)41)25-21-5-3-4-6-22(21)26(27(25)30(37)38)24-16(2)32-34(29(24)36)18-9-13-20(14-10-18)46(42,43)44/h3-14,31H,1-2H3,(H,37,38)(H,39,40,41)(H,42,43,44). The van der Waals surface area contributed by atoms with Gasteiger partial charge in [-0.1, -0.05) is 24.3 Å². The van der Waals surface area contributed by atoms with E-state index in [1.165, 1.54) is 31.2 Å². The highest BCUT2D eigenvalue weighted by Crippen LogP contribution is 2.47. The van der Waals surface area contributed by atoms with Crippen LogP contribution in [-0.4, -0.2) is 58.4 Å². The number of aliphatic carboxylic acids is 1. The summed E-state index contributed by atoms with van der Waals surface area (Å²) >= 11 is 0. The third-order valence-corrected chi connectivity index (χ3v) is 9.28. The maximum atomic E-state index is 13.9. The number of fused-ring (bicyclic) bond motifs is 1. The quantitative estimate of drug-likeness (QED) is 0.175. The minimum atomic E-state index is -4.49. The first kappa shape index (κ1) is 30.6. The average molecular weight is 663 g/mol. The van der Waals surface area contributed by atoms with Gasteiger partial charge in [0.1, 0.15) is 0 Å². The summed E-state index contributed by atoms with van der Waals surface area (Å²) < 4.78 is 65.6. The molecule has 0 saturated heterocycles. The van der Waals surface area contributed by atoms with Gasteiger partial charge in [-0.2, -0.15) is 26.9 Å². The number of carbonyl (C=O) groups excluding carboxylic acids is 1. The van der Waals surface area contributed by atoms with Crippen LogP contribution in [-0.2, 0) is 29.8 Å². The average Bonchev–Trinajstić information content (AvgIpc) is 3.59. The number of hydrogen-bond donors (Lipinski definition) is 4. The van der Waals surface area contributed by atoms with Gasteiger partial charge in [-0.15, -0.1) is 0 Å². The number of aromatic nitrogens is 2. The van der Waals surface area contributed by atoms with Crippen LogP contribution < -0.4 is 10.6 Å². The lowest BCUT2D eigenvalue weighted by Gasteiger charge is -2.13. The third-order valence-electron chi connectivity index (χ3n) is 7.54. The lowest BCUT2D eigenvalue weighted by Crippen LogP contribution is -2.23. The molecule has 46 heavy (non-hydrogen) atoms. The summed E-state index contributed by atoms with van der Waals surface area (Å²) in [5.41, 5.74) is 0.587.